The fraction of sp³-hybridized carbons (Fsp3) is 0.143. The van der Waals surface area contributed by atoms with E-state index in [2.05, 4.69) is 16.5 Å². The van der Waals surface area contributed by atoms with Crippen molar-refractivity contribution in [2.75, 3.05) is 0 Å². The highest BCUT2D eigenvalue weighted by Crippen LogP contribution is 2.01. The second-order valence-corrected chi connectivity index (χ2v) is 2.08. The van der Waals surface area contributed by atoms with Gasteiger partial charge in [-0.15, -0.1) is 0 Å². The van der Waals surface area contributed by atoms with Crippen molar-refractivity contribution < 1.29 is 0 Å². The molecule has 3 heteroatoms. The van der Waals surface area contributed by atoms with E-state index in [9.17, 15) is 4.79 Å². The number of aromatic nitrogens is 2. The van der Waals surface area contributed by atoms with Crippen LogP contribution in [0.1, 0.15) is 12.6 Å². The molecule has 0 aliphatic rings. The molecule has 0 amide bonds. The molecule has 0 unspecified atom stereocenters. The summed E-state index contributed by atoms with van der Waals surface area (Å²) >= 11 is 0. The zero-order chi connectivity index (χ0) is 7.56. The molecule has 1 heterocycles. The zero-order valence-electron chi connectivity index (χ0n) is 5.72. The molecular weight excluding hydrogens is 128 g/mol. The van der Waals surface area contributed by atoms with E-state index in [1.807, 2.05) is 6.92 Å². The fourth-order valence-electron chi connectivity index (χ4n) is 0.576. The largest absolute Gasteiger partial charge is 0.326 e. The molecule has 0 bridgehead atoms. The third-order valence-electron chi connectivity index (χ3n) is 1.11. The molecule has 1 rings (SSSR count). The number of nitrogens with one attached hydrogen (secondary N) is 1. The maximum absolute atomic E-state index is 10.5. The second-order valence-electron chi connectivity index (χ2n) is 2.08. The monoisotopic (exact) mass is 136 g/mol. The molecule has 0 radical (unpaired) electrons. The Morgan fingerprint density at radius 1 is 1.80 bits per heavy atom. The summed E-state index contributed by atoms with van der Waals surface area (Å²) in [5.74, 6) is 0. The van der Waals surface area contributed by atoms with E-state index in [4.69, 9.17) is 0 Å². The maximum atomic E-state index is 10.5. The molecule has 0 aromatic carbocycles. The van der Waals surface area contributed by atoms with Gasteiger partial charge in [-0.2, -0.15) is 0 Å². The molecule has 0 fully saturated rings. The van der Waals surface area contributed by atoms with E-state index < -0.39 is 0 Å². The molecule has 52 valence electrons. The molecule has 3 nitrogen and oxygen atoms in total. The standard InChI is InChI=1S/C7H8N2O/c1-5(2)6-3-9-7(10)4-8-6/h3-4H,1H2,2H3,(H,9,10). The molecule has 1 aromatic heterocycles. The lowest BCUT2D eigenvalue weighted by Gasteiger charge is -1.93. The summed E-state index contributed by atoms with van der Waals surface area (Å²) in [6.45, 7) is 5.50. The Morgan fingerprint density at radius 2 is 2.50 bits per heavy atom. The van der Waals surface area contributed by atoms with E-state index in [0.717, 1.165) is 11.3 Å². The highest BCUT2D eigenvalue weighted by molar-refractivity contribution is 5.56. The summed E-state index contributed by atoms with van der Waals surface area (Å²) in [5.41, 5.74) is 1.38. The highest BCUT2D eigenvalue weighted by atomic mass is 16.1. The van der Waals surface area contributed by atoms with E-state index in [1.54, 1.807) is 6.20 Å². The van der Waals surface area contributed by atoms with Gasteiger partial charge in [-0.3, -0.25) is 4.79 Å². The normalized spacial score (nSPS) is 9.30. The van der Waals surface area contributed by atoms with Gasteiger partial charge in [-0.05, 0) is 12.5 Å². The van der Waals surface area contributed by atoms with Crippen molar-refractivity contribution in [3.8, 4) is 0 Å². The van der Waals surface area contributed by atoms with Crippen LogP contribution in [-0.2, 0) is 0 Å². The van der Waals surface area contributed by atoms with Gasteiger partial charge in [0.25, 0.3) is 5.56 Å². The summed E-state index contributed by atoms with van der Waals surface area (Å²) in [4.78, 5) is 16.8. The first-order valence-corrected chi connectivity index (χ1v) is 2.91. The lowest BCUT2D eigenvalue weighted by molar-refractivity contribution is 1.11. The minimum atomic E-state index is -0.190. The van der Waals surface area contributed by atoms with Crippen molar-refractivity contribution >= 4 is 5.57 Å². The number of H-pyrrole nitrogens is 1. The molecule has 0 aliphatic carbocycles. The first-order valence-electron chi connectivity index (χ1n) is 2.91. The van der Waals surface area contributed by atoms with Crippen molar-refractivity contribution in [1.82, 2.24) is 9.97 Å². The molecular formula is C7H8N2O. The van der Waals surface area contributed by atoms with Crippen LogP contribution in [0.5, 0.6) is 0 Å². The van der Waals surface area contributed by atoms with Gasteiger partial charge in [0.2, 0.25) is 0 Å². The number of nitrogens with zero attached hydrogens (tertiary/aromatic N) is 1. The molecule has 1 aromatic rings. The molecule has 1 N–H and O–H groups in total. The number of rotatable bonds is 1. The fourth-order valence-corrected chi connectivity index (χ4v) is 0.576. The Kier molecular flexibility index (Phi) is 1.67. The summed E-state index contributed by atoms with van der Waals surface area (Å²) in [5, 5.41) is 0. The van der Waals surface area contributed by atoms with Gasteiger partial charge in [0, 0.05) is 6.20 Å². The Bertz CT molecular complexity index is 280. The van der Waals surface area contributed by atoms with Crippen LogP contribution in [0.15, 0.2) is 23.8 Å². The van der Waals surface area contributed by atoms with Crippen LogP contribution in [-0.4, -0.2) is 9.97 Å². The predicted molar refractivity (Wildman–Crippen MR) is 39.6 cm³/mol. The topological polar surface area (TPSA) is 45.8 Å². The maximum Gasteiger partial charge on any atom is 0.266 e. The van der Waals surface area contributed by atoms with Crippen LogP contribution in [0.25, 0.3) is 5.57 Å². The van der Waals surface area contributed by atoms with Gasteiger partial charge in [0.05, 0.1) is 11.9 Å². The summed E-state index contributed by atoms with van der Waals surface area (Å²) in [7, 11) is 0. The first-order chi connectivity index (χ1) is 4.70. The minimum absolute atomic E-state index is 0.190. The van der Waals surface area contributed by atoms with Crippen molar-refractivity contribution in [2.45, 2.75) is 6.92 Å². The average molecular weight is 136 g/mol. The Labute approximate surface area is 58.4 Å². The van der Waals surface area contributed by atoms with Crippen molar-refractivity contribution in [3.05, 3.63) is 35.0 Å². The SMILES string of the molecule is C=C(C)c1c[nH]c(=O)cn1. The van der Waals surface area contributed by atoms with Gasteiger partial charge in [-0.1, -0.05) is 6.58 Å². The molecule has 0 spiro atoms. The Balaban J connectivity index is 3.12. The number of aromatic amines is 1. The Hall–Kier alpha value is -1.38. The van der Waals surface area contributed by atoms with Gasteiger partial charge < -0.3 is 4.98 Å². The quantitative estimate of drug-likeness (QED) is 0.620. The van der Waals surface area contributed by atoms with Crippen molar-refractivity contribution in [2.24, 2.45) is 0 Å². The van der Waals surface area contributed by atoms with Gasteiger partial charge in [-0.25, -0.2) is 4.98 Å². The lowest BCUT2D eigenvalue weighted by atomic mass is 10.3. The van der Waals surface area contributed by atoms with Crippen LogP contribution in [0.3, 0.4) is 0 Å². The lowest BCUT2D eigenvalue weighted by Crippen LogP contribution is -2.04. The highest BCUT2D eigenvalue weighted by Gasteiger charge is 1.91. The molecule has 0 saturated heterocycles. The summed E-state index contributed by atoms with van der Waals surface area (Å²) in [6, 6.07) is 0. The molecule has 10 heavy (non-hydrogen) atoms. The van der Waals surface area contributed by atoms with Gasteiger partial charge in [0.1, 0.15) is 0 Å². The number of allylic oxidation sites excluding steroid dienone is 1. The van der Waals surface area contributed by atoms with Crippen LogP contribution in [0.4, 0.5) is 0 Å². The molecule has 0 saturated carbocycles. The van der Waals surface area contributed by atoms with Crippen LogP contribution >= 0.6 is 0 Å². The van der Waals surface area contributed by atoms with Crippen LogP contribution in [0, 0.1) is 0 Å². The van der Waals surface area contributed by atoms with Crippen LogP contribution in [0.2, 0.25) is 0 Å². The van der Waals surface area contributed by atoms with E-state index in [1.165, 1.54) is 6.20 Å². The third-order valence-corrected chi connectivity index (χ3v) is 1.11. The second kappa shape index (κ2) is 2.47. The number of hydrogen-bond donors (Lipinski definition) is 1. The summed E-state index contributed by atoms with van der Waals surface area (Å²) < 4.78 is 0. The van der Waals surface area contributed by atoms with Gasteiger partial charge in [0.15, 0.2) is 0 Å². The average Bonchev–Trinajstić information content (AvgIpc) is 1.88. The van der Waals surface area contributed by atoms with E-state index in [0.29, 0.717) is 0 Å². The Morgan fingerprint density at radius 3 is 2.90 bits per heavy atom. The minimum Gasteiger partial charge on any atom is -0.326 e. The molecule has 0 atom stereocenters. The third kappa shape index (κ3) is 1.31. The van der Waals surface area contributed by atoms with E-state index >= 15 is 0 Å². The first kappa shape index (κ1) is 6.74. The smallest absolute Gasteiger partial charge is 0.266 e. The predicted octanol–water partition coefficient (Wildman–Crippen LogP) is 0.803. The van der Waals surface area contributed by atoms with E-state index in [-0.39, 0.29) is 5.56 Å². The van der Waals surface area contributed by atoms with Crippen molar-refractivity contribution in [1.29, 1.82) is 0 Å². The van der Waals surface area contributed by atoms with Crippen molar-refractivity contribution in [3.63, 3.8) is 0 Å². The summed E-state index contributed by atoms with van der Waals surface area (Å²) in [6.07, 6.45) is 2.79. The zero-order valence-corrected chi connectivity index (χ0v) is 5.72. The molecule has 0 aliphatic heterocycles. The van der Waals surface area contributed by atoms with Gasteiger partial charge >= 0.3 is 0 Å². The van der Waals surface area contributed by atoms with Crippen LogP contribution < -0.4 is 5.56 Å². The number of hydrogen-bond acceptors (Lipinski definition) is 2.